The van der Waals surface area contributed by atoms with Crippen LogP contribution in [0.3, 0.4) is 0 Å². The molecule has 0 heterocycles. The van der Waals surface area contributed by atoms with E-state index in [1.54, 1.807) is 18.2 Å². The molecule has 0 bridgehead atoms. The van der Waals surface area contributed by atoms with Crippen molar-refractivity contribution in [1.29, 1.82) is 0 Å². The van der Waals surface area contributed by atoms with Gasteiger partial charge in [-0.05, 0) is 31.2 Å². The number of carbonyl (C=O) groups is 1. The van der Waals surface area contributed by atoms with Gasteiger partial charge in [0.25, 0.3) is 5.91 Å². The highest BCUT2D eigenvalue weighted by atomic mass is 32.2. The van der Waals surface area contributed by atoms with Gasteiger partial charge in [-0.15, -0.1) is 0 Å². The Labute approximate surface area is 124 Å². The number of carbonyl (C=O) groups excluding carboxylic acids is 1. The summed E-state index contributed by atoms with van der Waals surface area (Å²) in [6.45, 7) is 0.822. The molecule has 1 amide bonds. The quantitative estimate of drug-likeness (QED) is 0.729. The molecule has 1 aromatic carbocycles. The molecule has 20 heavy (non-hydrogen) atoms. The standard InChI is InChI=1S/C15H23N3OS/c1-20-15(8-3-2-4-9-15)10-18-13-11(14(17)19)6-5-7-12(13)16/h5-7,18H,2-4,8-10,16H2,1H3,(H2,17,19). The highest BCUT2D eigenvalue weighted by Gasteiger charge is 2.31. The zero-order valence-electron chi connectivity index (χ0n) is 11.9. The SMILES string of the molecule is CSC1(CNc2c(N)cccc2C(N)=O)CCCCC1. The largest absolute Gasteiger partial charge is 0.397 e. The maximum absolute atomic E-state index is 11.5. The van der Waals surface area contributed by atoms with Crippen LogP contribution < -0.4 is 16.8 Å². The Morgan fingerprint density at radius 3 is 2.65 bits per heavy atom. The van der Waals surface area contributed by atoms with Gasteiger partial charge in [0.2, 0.25) is 0 Å². The summed E-state index contributed by atoms with van der Waals surface area (Å²) < 4.78 is 0.245. The predicted octanol–water partition coefficient (Wildman–Crippen LogP) is 2.85. The third-order valence-corrected chi connectivity index (χ3v) is 5.57. The van der Waals surface area contributed by atoms with Crippen molar-refractivity contribution in [2.24, 2.45) is 5.73 Å². The molecule has 110 valence electrons. The molecule has 1 aromatic rings. The summed E-state index contributed by atoms with van der Waals surface area (Å²) in [7, 11) is 0. The fraction of sp³-hybridized carbons (Fsp3) is 0.533. The number of thioether (sulfide) groups is 1. The summed E-state index contributed by atoms with van der Waals surface area (Å²) in [6.07, 6.45) is 8.45. The molecule has 1 aliphatic carbocycles. The Kier molecular flexibility index (Phi) is 4.81. The zero-order chi connectivity index (χ0) is 14.6. The minimum atomic E-state index is -0.443. The second-order valence-corrected chi connectivity index (χ2v) is 6.71. The van der Waals surface area contributed by atoms with Crippen LogP contribution in [-0.4, -0.2) is 23.5 Å². The first-order valence-electron chi connectivity index (χ1n) is 7.05. The number of amides is 1. The predicted molar refractivity (Wildman–Crippen MR) is 87.2 cm³/mol. The van der Waals surface area contributed by atoms with E-state index in [1.165, 1.54) is 32.1 Å². The van der Waals surface area contributed by atoms with Crippen molar-refractivity contribution in [1.82, 2.24) is 0 Å². The number of primary amides is 1. The number of hydrogen-bond acceptors (Lipinski definition) is 4. The van der Waals surface area contributed by atoms with Crippen LogP contribution in [-0.2, 0) is 0 Å². The lowest BCUT2D eigenvalue weighted by Gasteiger charge is -2.36. The maximum atomic E-state index is 11.5. The van der Waals surface area contributed by atoms with Crippen molar-refractivity contribution in [3.8, 4) is 0 Å². The number of rotatable bonds is 5. The van der Waals surface area contributed by atoms with Crippen LogP contribution in [0.4, 0.5) is 11.4 Å². The van der Waals surface area contributed by atoms with Crippen LogP contribution in [0.25, 0.3) is 0 Å². The Bertz CT molecular complexity index is 484. The van der Waals surface area contributed by atoms with Crippen molar-refractivity contribution in [3.05, 3.63) is 23.8 Å². The Hall–Kier alpha value is -1.36. The van der Waals surface area contributed by atoms with Gasteiger partial charge in [-0.2, -0.15) is 11.8 Å². The first-order valence-corrected chi connectivity index (χ1v) is 8.28. The molecule has 0 saturated heterocycles. The molecule has 0 aromatic heterocycles. The lowest BCUT2D eigenvalue weighted by molar-refractivity contribution is 0.100. The van der Waals surface area contributed by atoms with Crippen molar-refractivity contribution in [3.63, 3.8) is 0 Å². The molecule has 1 saturated carbocycles. The molecule has 4 nitrogen and oxygen atoms in total. The zero-order valence-corrected chi connectivity index (χ0v) is 12.8. The molecular formula is C15H23N3OS. The van der Waals surface area contributed by atoms with E-state index in [2.05, 4.69) is 11.6 Å². The van der Waals surface area contributed by atoms with Gasteiger partial charge in [-0.3, -0.25) is 4.79 Å². The number of nitrogen functional groups attached to an aromatic ring is 1. The molecule has 0 unspecified atom stereocenters. The van der Waals surface area contributed by atoms with Crippen LogP contribution in [0, 0.1) is 0 Å². The van der Waals surface area contributed by atoms with Gasteiger partial charge >= 0.3 is 0 Å². The number of hydrogen-bond donors (Lipinski definition) is 3. The average Bonchev–Trinajstić information content (AvgIpc) is 2.46. The van der Waals surface area contributed by atoms with E-state index in [-0.39, 0.29) is 4.75 Å². The third-order valence-electron chi connectivity index (χ3n) is 4.15. The Morgan fingerprint density at radius 2 is 2.05 bits per heavy atom. The lowest BCUT2D eigenvalue weighted by atomic mass is 9.88. The minimum Gasteiger partial charge on any atom is -0.397 e. The molecule has 0 spiro atoms. The summed E-state index contributed by atoms with van der Waals surface area (Å²) in [5.74, 6) is -0.443. The fourth-order valence-corrected chi connectivity index (χ4v) is 3.78. The molecular weight excluding hydrogens is 270 g/mol. The molecule has 2 rings (SSSR count). The van der Waals surface area contributed by atoms with Gasteiger partial charge in [0.1, 0.15) is 0 Å². The van der Waals surface area contributed by atoms with Crippen molar-refractivity contribution < 1.29 is 4.79 Å². The van der Waals surface area contributed by atoms with Gasteiger partial charge in [-0.25, -0.2) is 0 Å². The smallest absolute Gasteiger partial charge is 0.250 e. The summed E-state index contributed by atoms with van der Waals surface area (Å²) in [4.78, 5) is 11.5. The summed E-state index contributed by atoms with van der Waals surface area (Å²) in [6, 6.07) is 5.26. The van der Waals surface area contributed by atoms with E-state index in [4.69, 9.17) is 11.5 Å². The van der Waals surface area contributed by atoms with Crippen LogP contribution in [0.15, 0.2) is 18.2 Å². The molecule has 1 aliphatic rings. The number of benzene rings is 1. The number of nitrogens with two attached hydrogens (primary N) is 2. The normalized spacial score (nSPS) is 17.6. The monoisotopic (exact) mass is 293 g/mol. The minimum absolute atomic E-state index is 0.245. The second-order valence-electron chi connectivity index (χ2n) is 5.44. The van der Waals surface area contributed by atoms with E-state index in [0.717, 1.165) is 6.54 Å². The van der Waals surface area contributed by atoms with Crippen LogP contribution in [0.5, 0.6) is 0 Å². The van der Waals surface area contributed by atoms with Crippen molar-refractivity contribution >= 4 is 29.0 Å². The summed E-state index contributed by atoms with van der Waals surface area (Å²) >= 11 is 1.91. The van der Waals surface area contributed by atoms with Crippen LogP contribution in [0.1, 0.15) is 42.5 Å². The second kappa shape index (κ2) is 6.39. The molecule has 5 N–H and O–H groups in total. The van der Waals surface area contributed by atoms with Crippen molar-refractivity contribution in [2.75, 3.05) is 23.9 Å². The van der Waals surface area contributed by atoms with E-state index in [9.17, 15) is 4.79 Å². The van der Waals surface area contributed by atoms with Gasteiger partial charge in [-0.1, -0.05) is 25.3 Å². The highest BCUT2D eigenvalue weighted by molar-refractivity contribution is 8.00. The molecule has 0 radical (unpaired) electrons. The van der Waals surface area contributed by atoms with E-state index < -0.39 is 5.91 Å². The first-order chi connectivity index (χ1) is 9.58. The number of nitrogens with one attached hydrogen (secondary N) is 1. The van der Waals surface area contributed by atoms with Crippen LogP contribution >= 0.6 is 11.8 Å². The average molecular weight is 293 g/mol. The van der Waals surface area contributed by atoms with Gasteiger partial charge in [0.05, 0.1) is 16.9 Å². The maximum Gasteiger partial charge on any atom is 0.250 e. The molecule has 0 aliphatic heterocycles. The number of para-hydroxylation sites is 1. The topological polar surface area (TPSA) is 81.1 Å². The highest BCUT2D eigenvalue weighted by Crippen LogP contribution is 2.39. The molecule has 5 heteroatoms. The first kappa shape index (κ1) is 15.0. The Balaban J connectivity index is 2.15. The lowest BCUT2D eigenvalue weighted by Crippen LogP contribution is -2.36. The van der Waals surface area contributed by atoms with Gasteiger partial charge in [0, 0.05) is 11.3 Å². The van der Waals surface area contributed by atoms with Crippen LogP contribution in [0.2, 0.25) is 0 Å². The van der Waals surface area contributed by atoms with E-state index in [1.807, 2.05) is 11.8 Å². The fourth-order valence-electron chi connectivity index (χ4n) is 2.87. The number of anilines is 2. The summed E-state index contributed by atoms with van der Waals surface area (Å²) in [5, 5.41) is 3.38. The van der Waals surface area contributed by atoms with E-state index >= 15 is 0 Å². The van der Waals surface area contributed by atoms with Gasteiger partial charge in [0.15, 0.2) is 0 Å². The molecule has 0 atom stereocenters. The van der Waals surface area contributed by atoms with Gasteiger partial charge < -0.3 is 16.8 Å². The Morgan fingerprint density at radius 1 is 1.35 bits per heavy atom. The van der Waals surface area contributed by atoms with Crippen molar-refractivity contribution in [2.45, 2.75) is 36.9 Å². The third kappa shape index (κ3) is 3.20. The van der Waals surface area contributed by atoms with E-state index in [0.29, 0.717) is 16.9 Å². The summed E-state index contributed by atoms with van der Waals surface area (Å²) in [5.41, 5.74) is 13.1. The molecule has 1 fully saturated rings.